The predicted molar refractivity (Wildman–Crippen MR) is 99.8 cm³/mol. The first-order valence-corrected chi connectivity index (χ1v) is 9.07. The molecule has 1 aliphatic heterocycles. The Morgan fingerprint density at radius 3 is 2.72 bits per heavy atom. The smallest absolute Gasteiger partial charge is 0.251 e. The fourth-order valence-electron chi connectivity index (χ4n) is 3.20. The van der Waals surface area contributed by atoms with E-state index in [0.29, 0.717) is 18.1 Å². The predicted octanol–water partition coefficient (Wildman–Crippen LogP) is 3.39. The molecule has 2 aromatic carbocycles. The molecule has 3 rings (SSSR count). The number of benzene rings is 2. The molecule has 1 aliphatic rings. The van der Waals surface area contributed by atoms with Gasteiger partial charge in [-0.3, -0.25) is 4.79 Å². The first-order valence-electron chi connectivity index (χ1n) is 9.07. The minimum absolute atomic E-state index is 0.0176. The van der Waals surface area contributed by atoms with E-state index in [2.05, 4.69) is 10.6 Å². The van der Waals surface area contributed by atoms with Crippen LogP contribution in [0.25, 0.3) is 0 Å². The summed E-state index contributed by atoms with van der Waals surface area (Å²) in [6, 6.07) is 17.3. The zero-order valence-electron chi connectivity index (χ0n) is 14.5. The minimum atomic E-state index is -0.0176. The van der Waals surface area contributed by atoms with Crippen molar-refractivity contribution in [1.82, 2.24) is 10.6 Å². The van der Waals surface area contributed by atoms with Crippen molar-refractivity contribution in [2.75, 3.05) is 19.6 Å². The molecular formula is C21H26N2O2. The second-order valence-corrected chi connectivity index (χ2v) is 6.52. The van der Waals surface area contributed by atoms with Gasteiger partial charge in [0.15, 0.2) is 0 Å². The van der Waals surface area contributed by atoms with Gasteiger partial charge in [0.2, 0.25) is 0 Å². The lowest BCUT2D eigenvalue weighted by Crippen LogP contribution is -2.33. The maximum atomic E-state index is 12.5. The standard InChI is InChI=1S/C21H26N2O2/c24-21(23-14-12-17-7-6-13-22-15-17)20-11-5-4-8-18(20)16-25-19-9-2-1-3-10-19/h1-5,8-11,17,22H,6-7,12-16H2,(H,23,24). The van der Waals surface area contributed by atoms with E-state index in [1.165, 1.54) is 12.8 Å². The van der Waals surface area contributed by atoms with Crippen LogP contribution in [0.4, 0.5) is 0 Å². The lowest BCUT2D eigenvalue weighted by molar-refractivity contribution is 0.0948. The highest BCUT2D eigenvalue weighted by molar-refractivity contribution is 5.95. The van der Waals surface area contributed by atoms with Crippen LogP contribution < -0.4 is 15.4 Å². The van der Waals surface area contributed by atoms with Crippen LogP contribution in [-0.2, 0) is 6.61 Å². The maximum Gasteiger partial charge on any atom is 0.251 e. The number of amides is 1. The summed E-state index contributed by atoms with van der Waals surface area (Å²) in [5.41, 5.74) is 1.60. The Morgan fingerprint density at radius 1 is 1.12 bits per heavy atom. The van der Waals surface area contributed by atoms with E-state index in [1.807, 2.05) is 54.6 Å². The largest absolute Gasteiger partial charge is 0.489 e. The number of piperidine rings is 1. The molecule has 1 atom stereocenters. The second-order valence-electron chi connectivity index (χ2n) is 6.52. The number of rotatable bonds is 7. The van der Waals surface area contributed by atoms with Gasteiger partial charge in [-0.15, -0.1) is 0 Å². The highest BCUT2D eigenvalue weighted by atomic mass is 16.5. The lowest BCUT2D eigenvalue weighted by atomic mass is 9.96. The van der Waals surface area contributed by atoms with Crippen LogP contribution in [0.1, 0.15) is 35.2 Å². The first kappa shape index (κ1) is 17.5. The van der Waals surface area contributed by atoms with Crippen molar-refractivity contribution in [3.8, 4) is 5.75 Å². The normalized spacial score (nSPS) is 17.0. The van der Waals surface area contributed by atoms with E-state index in [4.69, 9.17) is 4.74 Å². The zero-order valence-corrected chi connectivity index (χ0v) is 14.5. The monoisotopic (exact) mass is 338 g/mol. The van der Waals surface area contributed by atoms with Crippen LogP contribution >= 0.6 is 0 Å². The molecule has 0 aliphatic carbocycles. The fourth-order valence-corrected chi connectivity index (χ4v) is 3.20. The topological polar surface area (TPSA) is 50.4 Å². The van der Waals surface area contributed by atoms with Crippen molar-refractivity contribution in [1.29, 1.82) is 0 Å². The fraction of sp³-hybridized carbons (Fsp3) is 0.381. The average Bonchev–Trinajstić information content (AvgIpc) is 2.68. The second kappa shape index (κ2) is 9.23. The molecule has 0 radical (unpaired) electrons. The van der Waals surface area contributed by atoms with Crippen molar-refractivity contribution in [2.45, 2.75) is 25.9 Å². The number of hydrogen-bond acceptors (Lipinski definition) is 3. The molecule has 1 heterocycles. The summed E-state index contributed by atoms with van der Waals surface area (Å²) < 4.78 is 5.79. The quantitative estimate of drug-likeness (QED) is 0.814. The van der Waals surface area contributed by atoms with E-state index < -0.39 is 0 Å². The van der Waals surface area contributed by atoms with Crippen LogP contribution in [0.3, 0.4) is 0 Å². The van der Waals surface area contributed by atoms with Crippen molar-refractivity contribution in [2.24, 2.45) is 5.92 Å². The van der Waals surface area contributed by atoms with Gasteiger partial charge < -0.3 is 15.4 Å². The number of carbonyl (C=O) groups is 1. The summed E-state index contributed by atoms with van der Waals surface area (Å²) in [4.78, 5) is 12.5. The van der Waals surface area contributed by atoms with Gasteiger partial charge in [-0.1, -0.05) is 36.4 Å². The molecule has 0 spiro atoms. The summed E-state index contributed by atoms with van der Waals surface area (Å²) in [5.74, 6) is 1.46. The molecule has 4 heteroatoms. The van der Waals surface area contributed by atoms with Crippen LogP contribution in [0.5, 0.6) is 5.75 Å². The SMILES string of the molecule is O=C(NCCC1CCCNC1)c1ccccc1COc1ccccc1. The van der Waals surface area contributed by atoms with Crippen LogP contribution in [0.2, 0.25) is 0 Å². The number of para-hydroxylation sites is 1. The van der Waals surface area contributed by atoms with Gasteiger partial charge in [0.1, 0.15) is 12.4 Å². The molecule has 1 saturated heterocycles. The Bertz CT molecular complexity index is 667. The van der Waals surface area contributed by atoms with Gasteiger partial charge in [-0.25, -0.2) is 0 Å². The molecule has 0 aromatic heterocycles. The summed E-state index contributed by atoms with van der Waals surface area (Å²) in [5, 5.41) is 6.48. The average molecular weight is 338 g/mol. The van der Waals surface area contributed by atoms with Crippen molar-refractivity contribution in [3.63, 3.8) is 0 Å². The summed E-state index contributed by atoms with van der Waals surface area (Å²) in [7, 11) is 0. The molecule has 132 valence electrons. The van der Waals surface area contributed by atoms with Gasteiger partial charge in [0, 0.05) is 17.7 Å². The van der Waals surface area contributed by atoms with Gasteiger partial charge in [0.05, 0.1) is 0 Å². The maximum absolute atomic E-state index is 12.5. The van der Waals surface area contributed by atoms with E-state index >= 15 is 0 Å². The van der Waals surface area contributed by atoms with Crippen LogP contribution in [0, 0.1) is 5.92 Å². The summed E-state index contributed by atoms with van der Waals surface area (Å²) in [6.45, 7) is 3.30. The third-order valence-electron chi connectivity index (χ3n) is 4.64. The molecule has 2 N–H and O–H groups in total. The van der Waals surface area contributed by atoms with Gasteiger partial charge in [0.25, 0.3) is 5.91 Å². The van der Waals surface area contributed by atoms with E-state index in [1.54, 1.807) is 0 Å². The van der Waals surface area contributed by atoms with Crippen molar-refractivity contribution in [3.05, 3.63) is 65.7 Å². The number of nitrogens with one attached hydrogen (secondary N) is 2. The van der Waals surface area contributed by atoms with Crippen molar-refractivity contribution >= 4 is 5.91 Å². The molecule has 1 unspecified atom stereocenters. The molecule has 1 fully saturated rings. The van der Waals surface area contributed by atoms with Gasteiger partial charge in [-0.2, -0.15) is 0 Å². The van der Waals surface area contributed by atoms with Crippen LogP contribution in [-0.4, -0.2) is 25.5 Å². The Morgan fingerprint density at radius 2 is 1.92 bits per heavy atom. The van der Waals surface area contributed by atoms with Gasteiger partial charge in [-0.05, 0) is 56.5 Å². The zero-order chi connectivity index (χ0) is 17.3. The van der Waals surface area contributed by atoms with Crippen LogP contribution in [0.15, 0.2) is 54.6 Å². The first-order chi connectivity index (χ1) is 12.3. The molecule has 1 amide bonds. The molecule has 0 bridgehead atoms. The van der Waals surface area contributed by atoms with E-state index in [-0.39, 0.29) is 5.91 Å². The Kier molecular flexibility index (Phi) is 6.46. The number of hydrogen-bond donors (Lipinski definition) is 2. The van der Waals surface area contributed by atoms with E-state index in [9.17, 15) is 4.79 Å². The summed E-state index contributed by atoms with van der Waals surface area (Å²) in [6.07, 6.45) is 3.52. The number of carbonyl (C=O) groups excluding carboxylic acids is 1. The molecule has 25 heavy (non-hydrogen) atoms. The Hall–Kier alpha value is -2.33. The molecule has 0 saturated carbocycles. The van der Waals surface area contributed by atoms with Gasteiger partial charge >= 0.3 is 0 Å². The number of ether oxygens (including phenoxy) is 1. The van der Waals surface area contributed by atoms with E-state index in [0.717, 1.165) is 37.4 Å². The highest BCUT2D eigenvalue weighted by Crippen LogP contribution is 2.16. The third kappa shape index (κ3) is 5.33. The van der Waals surface area contributed by atoms with Crippen molar-refractivity contribution < 1.29 is 9.53 Å². The lowest BCUT2D eigenvalue weighted by Gasteiger charge is -2.22. The molecular weight excluding hydrogens is 312 g/mol. The molecule has 4 nitrogen and oxygen atoms in total. The Balaban J connectivity index is 1.53. The summed E-state index contributed by atoms with van der Waals surface area (Å²) >= 11 is 0. The molecule has 2 aromatic rings. The minimum Gasteiger partial charge on any atom is -0.489 e. The highest BCUT2D eigenvalue weighted by Gasteiger charge is 2.14. The Labute approximate surface area is 149 Å². The third-order valence-corrected chi connectivity index (χ3v) is 4.64.